The average Bonchev–Trinajstić information content (AvgIpc) is 2.84. The van der Waals surface area contributed by atoms with Crippen LogP contribution in [0.2, 0.25) is 0 Å². The minimum atomic E-state index is -0.157. The van der Waals surface area contributed by atoms with Crippen LogP contribution in [0, 0.1) is 11.8 Å². The van der Waals surface area contributed by atoms with E-state index in [4.69, 9.17) is 15.3 Å². The number of nitrogens with two attached hydrogens (primary N) is 1. The highest BCUT2D eigenvalue weighted by atomic mass is 16.3. The van der Waals surface area contributed by atoms with Gasteiger partial charge in [-0.15, -0.1) is 0 Å². The number of hydrogen-bond donors (Lipinski definition) is 3. The smallest absolute Gasteiger partial charge is 0.254 e. The Labute approximate surface area is 114 Å². The number of hydrogen-bond acceptors (Lipinski definition) is 4. The number of carbonyl (C=O) groups excluding carboxylic acids is 1. The maximum absolute atomic E-state index is 11.9. The normalized spacial score (nSPS) is 12.7. The standard InChI is InChI=1S/C14H24N2O3/c1-10(2)5-11(3-4-17)8-16-14(18)12-6-13(7-15)19-9-12/h6,9-11,17H,3-5,7-8,15H2,1-2H3,(H,16,18). The lowest BCUT2D eigenvalue weighted by Crippen LogP contribution is -2.30. The summed E-state index contributed by atoms with van der Waals surface area (Å²) in [5, 5.41) is 11.9. The summed E-state index contributed by atoms with van der Waals surface area (Å²) < 4.78 is 5.13. The molecule has 0 aromatic carbocycles. The van der Waals surface area contributed by atoms with Crippen LogP contribution in [0.1, 0.15) is 42.8 Å². The van der Waals surface area contributed by atoms with Crippen molar-refractivity contribution in [3.05, 3.63) is 23.7 Å². The Hall–Kier alpha value is -1.33. The van der Waals surface area contributed by atoms with E-state index in [1.807, 2.05) is 0 Å². The molecule has 19 heavy (non-hydrogen) atoms. The molecule has 1 amide bonds. The molecule has 108 valence electrons. The molecule has 0 spiro atoms. The number of carbonyl (C=O) groups is 1. The van der Waals surface area contributed by atoms with Crippen LogP contribution < -0.4 is 11.1 Å². The number of rotatable bonds is 8. The molecule has 0 radical (unpaired) electrons. The van der Waals surface area contributed by atoms with E-state index in [-0.39, 0.29) is 19.1 Å². The van der Waals surface area contributed by atoms with Gasteiger partial charge in [0, 0.05) is 13.2 Å². The van der Waals surface area contributed by atoms with Gasteiger partial charge in [0.2, 0.25) is 0 Å². The minimum absolute atomic E-state index is 0.149. The summed E-state index contributed by atoms with van der Waals surface area (Å²) >= 11 is 0. The van der Waals surface area contributed by atoms with Crippen molar-refractivity contribution in [3.8, 4) is 0 Å². The van der Waals surface area contributed by atoms with Gasteiger partial charge in [-0.25, -0.2) is 0 Å². The summed E-state index contributed by atoms with van der Waals surface area (Å²) in [4.78, 5) is 11.9. The Balaban J connectivity index is 2.46. The van der Waals surface area contributed by atoms with Gasteiger partial charge >= 0.3 is 0 Å². The monoisotopic (exact) mass is 268 g/mol. The first-order valence-electron chi connectivity index (χ1n) is 6.73. The molecule has 0 bridgehead atoms. The predicted octanol–water partition coefficient (Wildman–Crippen LogP) is 1.51. The highest BCUT2D eigenvalue weighted by Gasteiger charge is 2.14. The fourth-order valence-corrected chi connectivity index (χ4v) is 2.10. The fourth-order valence-electron chi connectivity index (χ4n) is 2.10. The van der Waals surface area contributed by atoms with Gasteiger partial charge in [0.25, 0.3) is 5.91 Å². The zero-order valence-electron chi connectivity index (χ0n) is 11.7. The number of furan rings is 1. The Bertz CT molecular complexity index is 388. The van der Waals surface area contributed by atoms with Gasteiger partial charge in [0.05, 0.1) is 12.1 Å². The average molecular weight is 268 g/mol. The van der Waals surface area contributed by atoms with Crippen LogP contribution >= 0.6 is 0 Å². The Morgan fingerprint density at radius 3 is 2.79 bits per heavy atom. The second-order valence-corrected chi connectivity index (χ2v) is 5.22. The lowest BCUT2D eigenvalue weighted by atomic mass is 9.94. The molecular weight excluding hydrogens is 244 g/mol. The lowest BCUT2D eigenvalue weighted by molar-refractivity contribution is 0.0940. The van der Waals surface area contributed by atoms with Gasteiger partial charge < -0.3 is 20.6 Å². The van der Waals surface area contributed by atoms with Crippen molar-refractivity contribution in [2.45, 2.75) is 33.2 Å². The third-order valence-corrected chi connectivity index (χ3v) is 3.01. The van der Waals surface area contributed by atoms with Crippen molar-refractivity contribution in [2.24, 2.45) is 17.6 Å². The zero-order chi connectivity index (χ0) is 14.3. The molecule has 5 nitrogen and oxygen atoms in total. The Morgan fingerprint density at radius 2 is 2.26 bits per heavy atom. The van der Waals surface area contributed by atoms with Crippen LogP contribution in [-0.2, 0) is 6.54 Å². The van der Waals surface area contributed by atoms with Crippen molar-refractivity contribution in [3.63, 3.8) is 0 Å². The van der Waals surface area contributed by atoms with E-state index < -0.39 is 0 Å². The van der Waals surface area contributed by atoms with Crippen LogP contribution in [0.5, 0.6) is 0 Å². The molecule has 0 aliphatic carbocycles. The third-order valence-electron chi connectivity index (χ3n) is 3.01. The first-order chi connectivity index (χ1) is 9.06. The highest BCUT2D eigenvalue weighted by Crippen LogP contribution is 2.14. The van der Waals surface area contributed by atoms with Gasteiger partial charge in [0.15, 0.2) is 0 Å². The fraction of sp³-hybridized carbons (Fsp3) is 0.643. The summed E-state index contributed by atoms with van der Waals surface area (Å²) in [5.74, 6) is 1.29. The third kappa shape index (κ3) is 5.44. The largest absolute Gasteiger partial charge is 0.467 e. The molecule has 4 N–H and O–H groups in total. The summed E-state index contributed by atoms with van der Waals surface area (Å²) in [5.41, 5.74) is 5.92. The summed E-state index contributed by atoms with van der Waals surface area (Å²) in [6, 6.07) is 1.65. The number of aliphatic hydroxyl groups is 1. The van der Waals surface area contributed by atoms with E-state index in [1.54, 1.807) is 6.07 Å². The SMILES string of the molecule is CC(C)CC(CCO)CNC(=O)c1coc(CN)c1. The maximum Gasteiger partial charge on any atom is 0.254 e. The lowest BCUT2D eigenvalue weighted by Gasteiger charge is -2.18. The minimum Gasteiger partial charge on any atom is -0.467 e. The quantitative estimate of drug-likeness (QED) is 0.667. The highest BCUT2D eigenvalue weighted by molar-refractivity contribution is 5.93. The number of aliphatic hydroxyl groups excluding tert-OH is 1. The van der Waals surface area contributed by atoms with Crippen molar-refractivity contribution in [1.82, 2.24) is 5.32 Å². The van der Waals surface area contributed by atoms with E-state index in [0.29, 0.717) is 36.1 Å². The van der Waals surface area contributed by atoms with Crippen LogP contribution in [0.4, 0.5) is 0 Å². The van der Waals surface area contributed by atoms with E-state index in [0.717, 1.165) is 6.42 Å². The molecule has 1 atom stereocenters. The van der Waals surface area contributed by atoms with Crippen LogP contribution in [0.15, 0.2) is 16.7 Å². The van der Waals surface area contributed by atoms with Gasteiger partial charge in [-0.1, -0.05) is 13.8 Å². The molecule has 1 heterocycles. The van der Waals surface area contributed by atoms with E-state index in [2.05, 4.69) is 19.2 Å². The van der Waals surface area contributed by atoms with E-state index in [9.17, 15) is 4.79 Å². The Kier molecular flexibility index (Phi) is 6.59. The van der Waals surface area contributed by atoms with Crippen molar-refractivity contribution >= 4 is 5.91 Å². The molecule has 5 heteroatoms. The van der Waals surface area contributed by atoms with Crippen LogP contribution in [0.25, 0.3) is 0 Å². The van der Waals surface area contributed by atoms with Gasteiger partial charge in [-0.2, -0.15) is 0 Å². The molecule has 0 aliphatic rings. The molecule has 1 aromatic rings. The van der Waals surface area contributed by atoms with Gasteiger partial charge in [0.1, 0.15) is 12.0 Å². The van der Waals surface area contributed by atoms with E-state index in [1.165, 1.54) is 6.26 Å². The van der Waals surface area contributed by atoms with Gasteiger partial charge in [-0.05, 0) is 30.7 Å². The second-order valence-electron chi connectivity index (χ2n) is 5.22. The molecule has 0 saturated heterocycles. The first kappa shape index (κ1) is 15.7. The molecule has 0 saturated carbocycles. The molecule has 1 rings (SSSR count). The van der Waals surface area contributed by atoms with E-state index >= 15 is 0 Å². The molecule has 0 fully saturated rings. The van der Waals surface area contributed by atoms with Crippen LogP contribution in [-0.4, -0.2) is 24.2 Å². The summed E-state index contributed by atoms with van der Waals surface area (Å²) in [6.45, 7) is 5.27. The first-order valence-corrected chi connectivity index (χ1v) is 6.73. The van der Waals surface area contributed by atoms with Crippen LogP contribution in [0.3, 0.4) is 0 Å². The number of nitrogens with one attached hydrogen (secondary N) is 1. The Morgan fingerprint density at radius 1 is 1.53 bits per heavy atom. The van der Waals surface area contributed by atoms with Crippen molar-refractivity contribution in [1.29, 1.82) is 0 Å². The molecule has 1 unspecified atom stereocenters. The van der Waals surface area contributed by atoms with Gasteiger partial charge in [-0.3, -0.25) is 4.79 Å². The maximum atomic E-state index is 11.9. The second kappa shape index (κ2) is 7.96. The molecular formula is C14H24N2O3. The molecule has 0 aliphatic heterocycles. The summed E-state index contributed by atoms with van der Waals surface area (Å²) in [7, 11) is 0. The zero-order valence-corrected chi connectivity index (χ0v) is 11.7. The topological polar surface area (TPSA) is 88.5 Å². The predicted molar refractivity (Wildman–Crippen MR) is 73.6 cm³/mol. The summed E-state index contributed by atoms with van der Waals surface area (Å²) in [6.07, 6.45) is 3.11. The molecule has 1 aromatic heterocycles. The van der Waals surface area contributed by atoms with Crippen molar-refractivity contribution in [2.75, 3.05) is 13.2 Å². The van der Waals surface area contributed by atoms with Crippen molar-refractivity contribution < 1.29 is 14.3 Å². The number of amides is 1.